The molecule has 0 saturated carbocycles. The van der Waals surface area contributed by atoms with E-state index in [0.717, 1.165) is 14.5 Å². The van der Waals surface area contributed by atoms with Crippen molar-refractivity contribution in [3.05, 3.63) is 67.4 Å². The van der Waals surface area contributed by atoms with Crippen LogP contribution in [0.15, 0.2) is 50.7 Å². The summed E-state index contributed by atoms with van der Waals surface area (Å²) in [7, 11) is 0. The van der Waals surface area contributed by atoms with Crippen LogP contribution >= 0.6 is 43.2 Å². The Labute approximate surface area is 139 Å². The van der Waals surface area contributed by atoms with Crippen LogP contribution < -0.4 is 5.73 Å². The first-order valence-electron chi connectivity index (χ1n) is 6.26. The maximum Gasteiger partial charge on any atom is 0.0577 e. The van der Waals surface area contributed by atoms with E-state index in [1.54, 1.807) is 11.3 Å². The molecule has 1 heterocycles. The van der Waals surface area contributed by atoms with E-state index in [0.29, 0.717) is 0 Å². The SMILES string of the molecule is Cc1cccc(C(N)c2csc3c(Br)cccc23)c1Br. The molecule has 1 aromatic heterocycles. The van der Waals surface area contributed by atoms with Gasteiger partial charge in [-0.2, -0.15) is 0 Å². The highest BCUT2D eigenvalue weighted by molar-refractivity contribution is 9.11. The number of hydrogen-bond donors (Lipinski definition) is 1. The summed E-state index contributed by atoms with van der Waals surface area (Å²) in [5.74, 6) is 0. The van der Waals surface area contributed by atoms with Crippen LogP contribution in [0.4, 0.5) is 0 Å². The molecule has 2 aromatic carbocycles. The Hall–Kier alpha value is -0.680. The summed E-state index contributed by atoms with van der Waals surface area (Å²) in [6, 6.07) is 12.4. The number of halogens is 2. The first-order chi connectivity index (χ1) is 9.59. The first kappa shape index (κ1) is 14.3. The standard InChI is InChI=1S/C16H13Br2NS/c1-9-4-2-6-11(14(9)18)15(19)12-8-20-16-10(12)5-3-7-13(16)17/h2-8,15H,19H2,1H3. The lowest BCUT2D eigenvalue weighted by Crippen LogP contribution is -2.12. The zero-order valence-electron chi connectivity index (χ0n) is 10.9. The smallest absolute Gasteiger partial charge is 0.0577 e. The van der Waals surface area contributed by atoms with Crippen molar-refractivity contribution < 1.29 is 0 Å². The molecular formula is C16H13Br2NS. The summed E-state index contributed by atoms with van der Waals surface area (Å²) in [6.07, 6.45) is 0. The van der Waals surface area contributed by atoms with Crippen molar-refractivity contribution >= 4 is 53.3 Å². The lowest BCUT2D eigenvalue weighted by molar-refractivity contribution is 0.876. The molecule has 0 amide bonds. The van der Waals surface area contributed by atoms with Gasteiger partial charge < -0.3 is 5.73 Å². The van der Waals surface area contributed by atoms with Crippen molar-refractivity contribution in [3.63, 3.8) is 0 Å². The fourth-order valence-corrected chi connectivity index (χ4v) is 4.53. The minimum atomic E-state index is -0.118. The van der Waals surface area contributed by atoms with Crippen LogP contribution in [0, 0.1) is 6.92 Å². The van der Waals surface area contributed by atoms with E-state index in [2.05, 4.69) is 80.6 Å². The Bertz CT molecular complexity index is 779. The summed E-state index contributed by atoms with van der Waals surface area (Å²) in [4.78, 5) is 0. The Morgan fingerprint density at radius 2 is 1.80 bits per heavy atom. The predicted molar refractivity (Wildman–Crippen MR) is 94.4 cm³/mol. The average Bonchev–Trinajstić information content (AvgIpc) is 2.86. The van der Waals surface area contributed by atoms with Crippen LogP contribution in [0.1, 0.15) is 22.7 Å². The molecule has 3 rings (SSSR count). The lowest BCUT2D eigenvalue weighted by Gasteiger charge is -2.15. The second kappa shape index (κ2) is 5.60. The zero-order chi connectivity index (χ0) is 14.3. The minimum absolute atomic E-state index is 0.118. The number of nitrogens with two attached hydrogens (primary N) is 1. The quantitative estimate of drug-likeness (QED) is 0.568. The number of rotatable bonds is 2. The molecule has 4 heteroatoms. The molecule has 0 bridgehead atoms. The maximum absolute atomic E-state index is 6.51. The molecule has 20 heavy (non-hydrogen) atoms. The van der Waals surface area contributed by atoms with Gasteiger partial charge in [-0.1, -0.05) is 46.3 Å². The summed E-state index contributed by atoms with van der Waals surface area (Å²) < 4.78 is 3.48. The number of fused-ring (bicyclic) bond motifs is 1. The van der Waals surface area contributed by atoms with Gasteiger partial charge >= 0.3 is 0 Å². The molecule has 3 aromatic rings. The van der Waals surface area contributed by atoms with Gasteiger partial charge in [-0.25, -0.2) is 0 Å². The minimum Gasteiger partial charge on any atom is -0.320 e. The number of benzene rings is 2. The summed E-state index contributed by atoms with van der Waals surface area (Å²) in [5.41, 5.74) is 10.0. The van der Waals surface area contributed by atoms with E-state index < -0.39 is 0 Å². The fourth-order valence-electron chi connectivity index (χ4n) is 2.36. The van der Waals surface area contributed by atoms with E-state index in [-0.39, 0.29) is 6.04 Å². The van der Waals surface area contributed by atoms with Gasteiger partial charge in [-0.15, -0.1) is 11.3 Å². The summed E-state index contributed by atoms with van der Waals surface area (Å²) in [6.45, 7) is 2.09. The van der Waals surface area contributed by atoms with Crippen LogP contribution in [0.5, 0.6) is 0 Å². The van der Waals surface area contributed by atoms with E-state index in [1.807, 2.05) is 0 Å². The zero-order valence-corrected chi connectivity index (χ0v) is 14.8. The van der Waals surface area contributed by atoms with Crippen LogP contribution in [0.25, 0.3) is 10.1 Å². The van der Waals surface area contributed by atoms with Crippen molar-refractivity contribution in [1.29, 1.82) is 0 Å². The van der Waals surface area contributed by atoms with Crippen molar-refractivity contribution in [2.75, 3.05) is 0 Å². The molecule has 102 valence electrons. The number of thiophene rings is 1. The van der Waals surface area contributed by atoms with Crippen LogP contribution in [0.3, 0.4) is 0 Å². The Balaban J connectivity index is 2.16. The van der Waals surface area contributed by atoms with E-state index in [4.69, 9.17) is 5.73 Å². The van der Waals surface area contributed by atoms with Crippen LogP contribution in [-0.2, 0) is 0 Å². The van der Waals surface area contributed by atoms with Crippen LogP contribution in [0.2, 0.25) is 0 Å². The highest BCUT2D eigenvalue weighted by atomic mass is 79.9. The highest BCUT2D eigenvalue weighted by Crippen LogP contribution is 2.38. The fraction of sp³-hybridized carbons (Fsp3) is 0.125. The van der Waals surface area contributed by atoms with Crippen molar-refractivity contribution in [2.45, 2.75) is 13.0 Å². The molecule has 1 unspecified atom stereocenters. The third-order valence-electron chi connectivity index (χ3n) is 3.47. The monoisotopic (exact) mass is 409 g/mol. The van der Waals surface area contributed by atoms with Gasteiger partial charge in [0.25, 0.3) is 0 Å². The molecular weight excluding hydrogens is 398 g/mol. The molecule has 2 N–H and O–H groups in total. The molecule has 0 saturated heterocycles. The van der Waals surface area contributed by atoms with Gasteiger partial charge in [0.1, 0.15) is 0 Å². The summed E-state index contributed by atoms with van der Waals surface area (Å²) in [5, 5.41) is 3.39. The maximum atomic E-state index is 6.51. The second-order valence-electron chi connectivity index (χ2n) is 4.76. The third kappa shape index (κ3) is 2.35. The predicted octanol–water partition coefficient (Wildman–Crippen LogP) is 5.78. The Morgan fingerprint density at radius 1 is 1.05 bits per heavy atom. The van der Waals surface area contributed by atoms with Gasteiger partial charge in [0.2, 0.25) is 0 Å². The van der Waals surface area contributed by atoms with Crippen LogP contribution in [-0.4, -0.2) is 0 Å². The van der Waals surface area contributed by atoms with Gasteiger partial charge in [0.05, 0.1) is 6.04 Å². The lowest BCUT2D eigenvalue weighted by atomic mass is 9.98. The van der Waals surface area contributed by atoms with E-state index >= 15 is 0 Å². The average molecular weight is 411 g/mol. The topological polar surface area (TPSA) is 26.0 Å². The van der Waals surface area contributed by atoms with Crippen molar-refractivity contribution in [2.24, 2.45) is 5.73 Å². The molecule has 0 aliphatic heterocycles. The molecule has 0 aliphatic rings. The van der Waals surface area contributed by atoms with Gasteiger partial charge in [-0.05, 0) is 56.4 Å². The highest BCUT2D eigenvalue weighted by Gasteiger charge is 2.17. The molecule has 0 aliphatic carbocycles. The van der Waals surface area contributed by atoms with E-state index in [9.17, 15) is 0 Å². The third-order valence-corrected chi connectivity index (χ3v) is 6.53. The van der Waals surface area contributed by atoms with Gasteiger partial charge in [-0.3, -0.25) is 0 Å². The first-order valence-corrected chi connectivity index (χ1v) is 8.72. The van der Waals surface area contributed by atoms with E-state index in [1.165, 1.54) is 21.2 Å². The molecule has 0 radical (unpaired) electrons. The Kier molecular flexibility index (Phi) is 4.00. The number of aryl methyl sites for hydroxylation is 1. The molecule has 1 atom stereocenters. The summed E-state index contributed by atoms with van der Waals surface area (Å²) >= 11 is 8.99. The Morgan fingerprint density at radius 3 is 2.60 bits per heavy atom. The van der Waals surface area contributed by atoms with Gasteiger partial charge in [0, 0.05) is 13.6 Å². The van der Waals surface area contributed by atoms with Crippen molar-refractivity contribution in [1.82, 2.24) is 0 Å². The molecule has 1 nitrogen and oxygen atoms in total. The van der Waals surface area contributed by atoms with Crippen molar-refractivity contribution in [3.8, 4) is 0 Å². The molecule has 0 spiro atoms. The second-order valence-corrected chi connectivity index (χ2v) is 7.29. The largest absolute Gasteiger partial charge is 0.320 e. The molecule has 0 fully saturated rings. The van der Waals surface area contributed by atoms with Gasteiger partial charge in [0.15, 0.2) is 0 Å². The number of hydrogen-bond acceptors (Lipinski definition) is 2. The normalized spacial score (nSPS) is 12.8.